The van der Waals surface area contributed by atoms with Crippen LogP contribution >= 0.6 is 0 Å². The summed E-state index contributed by atoms with van der Waals surface area (Å²) in [7, 11) is 0. The van der Waals surface area contributed by atoms with Gasteiger partial charge in [0.05, 0.1) is 5.71 Å². The van der Waals surface area contributed by atoms with Crippen LogP contribution in [-0.2, 0) is 4.79 Å². The van der Waals surface area contributed by atoms with Gasteiger partial charge in [-0.05, 0) is 31.9 Å². The maximum atomic E-state index is 12.3. The van der Waals surface area contributed by atoms with Crippen LogP contribution < -0.4 is 10.2 Å². The summed E-state index contributed by atoms with van der Waals surface area (Å²) in [6.07, 6.45) is 1.76. The molecule has 0 radical (unpaired) electrons. The number of amides is 1. The van der Waals surface area contributed by atoms with E-state index >= 15 is 0 Å². The minimum Gasteiger partial charge on any atom is -0.434 e. The molecule has 1 fully saturated rings. The van der Waals surface area contributed by atoms with Crippen LogP contribution in [0.25, 0.3) is 0 Å². The maximum Gasteiger partial charge on any atom is 0.387 e. The molecule has 1 aliphatic carbocycles. The number of carbonyl (C=O) groups excluding carboxylic acids is 1. The molecular weight excluding hydrogens is 254 g/mol. The number of benzene rings is 1. The summed E-state index contributed by atoms with van der Waals surface area (Å²) in [6, 6.07) is 6.33. The van der Waals surface area contributed by atoms with Gasteiger partial charge in [0, 0.05) is 11.5 Å². The lowest BCUT2D eigenvalue weighted by Gasteiger charge is -2.10. The summed E-state index contributed by atoms with van der Waals surface area (Å²) in [5, 5.41) is 3.92. The minimum atomic E-state index is -2.89. The summed E-state index contributed by atoms with van der Waals surface area (Å²) in [5.74, 6) is -0.0462. The van der Waals surface area contributed by atoms with Crippen LogP contribution in [0.15, 0.2) is 29.4 Å². The fourth-order valence-electron chi connectivity index (χ4n) is 1.60. The van der Waals surface area contributed by atoms with E-state index in [0.717, 1.165) is 12.8 Å². The molecule has 0 aliphatic heterocycles. The van der Waals surface area contributed by atoms with Gasteiger partial charge in [-0.2, -0.15) is 13.9 Å². The fraction of sp³-hybridized carbons (Fsp3) is 0.385. The van der Waals surface area contributed by atoms with E-state index in [9.17, 15) is 13.6 Å². The van der Waals surface area contributed by atoms with Gasteiger partial charge in [-0.25, -0.2) is 5.43 Å². The SMILES string of the molecule is C/C(=N/NC(=O)C1CC1)c1ccccc1OC(F)F. The van der Waals surface area contributed by atoms with Gasteiger partial charge >= 0.3 is 6.61 Å². The van der Waals surface area contributed by atoms with Crippen LogP contribution in [-0.4, -0.2) is 18.2 Å². The van der Waals surface area contributed by atoms with Crippen LogP contribution in [0.3, 0.4) is 0 Å². The highest BCUT2D eigenvalue weighted by atomic mass is 19.3. The number of carbonyl (C=O) groups is 1. The smallest absolute Gasteiger partial charge is 0.387 e. The van der Waals surface area contributed by atoms with Gasteiger partial charge in [0.1, 0.15) is 5.75 Å². The van der Waals surface area contributed by atoms with Crippen molar-refractivity contribution in [3.05, 3.63) is 29.8 Å². The summed E-state index contributed by atoms with van der Waals surface area (Å²) < 4.78 is 28.9. The third-order valence-electron chi connectivity index (χ3n) is 2.77. The van der Waals surface area contributed by atoms with Crippen molar-refractivity contribution in [2.45, 2.75) is 26.4 Å². The Morgan fingerprint density at radius 2 is 2.11 bits per heavy atom. The molecular formula is C13H14F2N2O2. The van der Waals surface area contributed by atoms with Crippen molar-refractivity contribution in [1.82, 2.24) is 5.43 Å². The first-order chi connectivity index (χ1) is 9.08. The summed E-state index contributed by atoms with van der Waals surface area (Å²) in [6.45, 7) is -1.27. The molecule has 0 bridgehead atoms. The number of ether oxygens (including phenoxy) is 1. The van der Waals surface area contributed by atoms with E-state index < -0.39 is 6.61 Å². The lowest BCUT2D eigenvalue weighted by Crippen LogP contribution is -2.21. The molecule has 1 saturated carbocycles. The van der Waals surface area contributed by atoms with Crippen LogP contribution in [0.4, 0.5) is 8.78 Å². The Bertz CT molecular complexity index is 499. The van der Waals surface area contributed by atoms with E-state index in [2.05, 4.69) is 15.3 Å². The zero-order valence-corrected chi connectivity index (χ0v) is 10.4. The average molecular weight is 268 g/mol. The van der Waals surface area contributed by atoms with Crippen molar-refractivity contribution in [3.8, 4) is 5.75 Å². The first-order valence-corrected chi connectivity index (χ1v) is 5.96. The predicted molar refractivity (Wildman–Crippen MR) is 66.2 cm³/mol. The largest absolute Gasteiger partial charge is 0.434 e. The van der Waals surface area contributed by atoms with E-state index in [0.29, 0.717) is 11.3 Å². The van der Waals surface area contributed by atoms with Crippen molar-refractivity contribution in [2.75, 3.05) is 0 Å². The van der Waals surface area contributed by atoms with E-state index in [1.54, 1.807) is 25.1 Å². The van der Waals surface area contributed by atoms with Gasteiger partial charge in [0.25, 0.3) is 0 Å². The zero-order valence-electron chi connectivity index (χ0n) is 10.4. The number of halogens is 2. The quantitative estimate of drug-likeness (QED) is 0.659. The van der Waals surface area contributed by atoms with Gasteiger partial charge in [-0.15, -0.1) is 0 Å². The van der Waals surface area contributed by atoms with Gasteiger partial charge in [0.15, 0.2) is 0 Å². The Morgan fingerprint density at radius 3 is 2.74 bits per heavy atom. The van der Waals surface area contributed by atoms with E-state index in [1.807, 2.05) is 0 Å². The number of nitrogens with one attached hydrogen (secondary N) is 1. The molecule has 0 heterocycles. The van der Waals surface area contributed by atoms with Crippen LogP contribution in [0.5, 0.6) is 5.75 Å². The second kappa shape index (κ2) is 5.77. The van der Waals surface area contributed by atoms with Crippen molar-refractivity contribution in [3.63, 3.8) is 0 Å². The topological polar surface area (TPSA) is 50.7 Å². The fourth-order valence-corrected chi connectivity index (χ4v) is 1.60. The molecule has 0 spiro atoms. The molecule has 1 aromatic rings. The van der Waals surface area contributed by atoms with E-state index in [4.69, 9.17) is 0 Å². The van der Waals surface area contributed by atoms with Crippen molar-refractivity contribution < 1.29 is 18.3 Å². The van der Waals surface area contributed by atoms with E-state index in [-0.39, 0.29) is 17.6 Å². The van der Waals surface area contributed by atoms with Crippen LogP contribution in [0, 0.1) is 5.92 Å². The number of para-hydroxylation sites is 1. The molecule has 0 saturated heterocycles. The van der Waals surface area contributed by atoms with Gasteiger partial charge < -0.3 is 4.74 Å². The number of rotatable bonds is 5. The molecule has 1 amide bonds. The highest BCUT2D eigenvalue weighted by Crippen LogP contribution is 2.28. The van der Waals surface area contributed by atoms with Gasteiger partial charge in [-0.3, -0.25) is 4.79 Å². The van der Waals surface area contributed by atoms with Gasteiger partial charge in [-0.1, -0.05) is 12.1 Å². The predicted octanol–water partition coefficient (Wildman–Crippen LogP) is 2.54. The zero-order chi connectivity index (χ0) is 13.8. The molecule has 102 valence electrons. The highest BCUT2D eigenvalue weighted by molar-refractivity contribution is 6.01. The summed E-state index contributed by atoms with van der Waals surface area (Å²) >= 11 is 0. The van der Waals surface area contributed by atoms with Crippen molar-refractivity contribution in [1.29, 1.82) is 0 Å². The number of alkyl halides is 2. The normalized spacial score (nSPS) is 15.5. The summed E-state index contributed by atoms with van der Waals surface area (Å²) in [5.41, 5.74) is 3.28. The van der Waals surface area contributed by atoms with Crippen molar-refractivity contribution in [2.24, 2.45) is 11.0 Å². The lowest BCUT2D eigenvalue weighted by atomic mass is 10.1. The van der Waals surface area contributed by atoms with Crippen LogP contribution in [0.2, 0.25) is 0 Å². The first-order valence-electron chi connectivity index (χ1n) is 5.96. The molecule has 1 aromatic carbocycles. The second-order valence-electron chi connectivity index (χ2n) is 4.32. The third kappa shape index (κ3) is 3.74. The molecule has 19 heavy (non-hydrogen) atoms. The highest BCUT2D eigenvalue weighted by Gasteiger charge is 2.29. The Kier molecular flexibility index (Phi) is 4.09. The monoisotopic (exact) mass is 268 g/mol. The van der Waals surface area contributed by atoms with Crippen LogP contribution in [0.1, 0.15) is 25.3 Å². The molecule has 2 rings (SSSR count). The van der Waals surface area contributed by atoms with Crippen molar-refractivity contribution >= 4 is 11.6 Å². The Balaban J connectivity index is 2.10. The molecule has 1 aliphatic rings. The molecule has 0 aromatic heterocycles. The Labute approximate surface area is 109 Å². The Hall–Kier alpha value is -1.98. The average Bonchev–Trinajstić information content (AvgIpc) is 3.19. The molecule has 1 N–H and O–H groups in total. The molecule has 6 heteroatoms. The van der Waals surface area contributed by atoms with E-state index in [1.165, 1.54) is 6.07 Å². The number of hydrogen-bond donors (Lipinski definition) is 1. The number of nitrogens with zero attached hydrogens (tertiary/aromatic N) is 1. The lowest BCUT2D eigenvalue weighted by molar-refractivity contribution is -0.122. The third-order valence-corrected chi connectivity index (χ3v) is 2.77. The first kappa shape index (κ1) is 13.5. The molecule has 0 unspecified atom stereocenters. The minimum absolute atomic E-state index is 0.0411. The second-order valence-corrected chi connectivity index (χ2v) is 4.32. The Morgan fingerprint density at radius 1 is 1.42 bits per heavy atom. The standard InChI is InChI=1S/C13H14F2N2O2/c1-8(16-17-12(18)9-6-7-9)10-4-2-3-5-11(10)19-13(14)15/h2-5,9,13H,6-7H2,1H3,(H,17,18)/b16-8-. The molecule has 4 nitrogen and oxygen atoms in total. The molecule has 0 atom stereocenters. The number of hydrazone groups is 1. The number of hydrogen-bond acceptors (Lipinski definition) is 3. The van der Waals surface area contributed by atoms with Gasteiger partial charge in [0.2, 0.25) is 5.91 Å². The summed E-state index contributed by atoms with van der Waals surface area (Å²) in [4.78, 5) is 11.4. The maximum absolute atomic E-state index is 12.3.